The molecule has 1 aromatic heterocycles. The summed E-state index contributed by atoms with van der Waals surface area (Å²) in [6, 6.07) is 8.37. The van der Waals surface area contributed by atoms with Crippen LogP contribution < -0.4 is 10.2 Å². The molecule has 5 nitrogen and oxygen atoms in total. The maximum Gasteiger partial charge on any atom is 0.158 e. The quantitative estimate of drug-likeness (QED) is 0.886. The second-order valence-corrected chi connectivity index (χ2v) is 4.50. The molecule has 0 bridgehead atoms. The molecular weight excluding hydrogens is 271 g/mol. The van der Waals surface area contributed by atoms with Gasteiger partial charge in [-0.1, -0.05) is 12.1 Å². The van der Waals surface area contributed by atoms with E-state index in [4.69, 9.17) is 4.74 Å². The van der Waals surface area contributed by atoms with Gasteiger partial charge in [0.05, 0.1) is 5.69 Å². The van der Waals surface area contributed by atoms with Crippen LogP contribution >= 0.6 is 0 Å². The smallest absolute Gasteiger partial charge is 0.158 e. The molecule has 112 valence electrons. The van der Waals surface area contributed by atoms with Crippen LogP contribution in [0.3, 0.4) is 0 Å². The van der Waals surface area contributed by atoms with E-state index < -0.39 is 0 Å². The van der Waals surface area contributed by atoms with Gasteiger partial charge >= 0.3 is 0 Å². The van der Waals surface area contributed by atoms with E-state index in [-0.39, 0.29) is 5.82 Å². The summed E-state index contributed by atoms with van der Waals surface area (Å²) in [7, 11) is 3.36. The molecule has 0 saturated heterocycles. The lowest BCUT2D eigenvalue weighted by Crippen LogP contribution is -2.15. The SMILES string of the molecule is CCNc1cc(N(C)c2ccccc2F)nc(COC)n1. The number of ether oxygens (including phenoxy) is 1. The zero-order valence-electron chi connectivity index (χ0n) is 12.4. The number of rotatable bonds is 6. The molecule has 21 heavy (non-hydrogen) atoms. The maximum atomic E-state index is 13.9. The molecule has 2 aromatic rings. The van der Waals surface area contributed by atoms with Crippen LogP contribution in [0.1, 0.15) is 12.7 Å². The molecule has 1 aromatic carbocycles. The number of halogens is 1. The lowest BCUT2D eigenvalue weighted by atomic mass is 10.3. The number of methoxy groups -OCH3 is 1. The standard InChI is InChI=1S/C15H19FN4O/c1-4-17-13-9-15(19-14(18-13)10-21-3)20(2)12-8-6-5-7-11(12)16/h5-9H,4,10H2,1-3H3,(H,17,18,19). The second kappa shape index (κ2) is 6.99. The van der Waals surface area contributed by atoms with Crippen LogP contribution in [-0.4, -0.2) is 30.7 Å². The van der Waals surface area contributed by atoms with Gasteiger partial charge in [-0.25, -0.2) is 14.4 Å². The van der Waals surface area contributed by atoms with Crippen molar-refractivity contribution in [2.75, 3.05) is 30.9 Å². The van der Waals surface area contributed by atoms with Crippen LogP contribution in [0.2, 0.25) is 0 Å². The summed E-state index contributed by atoms with van der Waals surface area (Å²) in [5, 5.41) is 3.14. The summed E-state index contributed by atoms with van der Waals surface area (Å²) in [6.07, 6.45) is 0. The minimum Gasteiger partial charge on any atom is -0.377 e. The predicted molar refractivity (Wildman–Crippen MR) is 81.4 cm³/mol. The highest BCUT2D eigenvalue weighted by Crippen LogP contribution is 2.26. The van der Waals surface area contributed by atoms with Crippen LogP contribution in [0.25, 0.3) is 0 Å². The highest BCUT2D eigenvalue weighted by atomic mass is 19.1. The summed E-state index contributed by atoms with van der Waals surface area (Å²) in [5.41, 5.74) is 0.460. The molecule has 0 unspecified atom stereocenters. The maximum absolute atomic E-state index is 13.9. The lowest BCUT2D eigenvalue weighted by molar-refractivity contribution is 0.178. The molecule has 0 amide bonds. The number of hydrogen-bond acceptors (Lipinski definition) is 5. The zero-order chi connectivity index (χ0) is 15.2. The van der Waals surface area contributed by atoms with Gasteiger partial charge < -0.3 is 15.0 Å². The molecule has 0 atom stereocenters. The Morgan fingerprint density at radius 2 is 2.05 bits per heavy atom. The first kappa shape index (κ1) is 15.2. The Hall–Kier alpha value is -2.21. The van der Waals surface area contributed by atoms with Crippen molar-refractivity contribution in [1.29, 1.82) is 0 Å². The topological polar surface area (TPSA) is 50.3 Å². The molecule has 0 aliphatic rings. The molecule has 1 N–H and O–H groups in total. The number of anilines is 3. The van der Waals surface area contributed by atoms with Gasteiger partial charge in [-0.05, 0) is 19.1 Å². The lowest BCUT2D eigenvalue weighted by Gasteiger charge is -2.20. The summed E-state index contributed by atoms with van der Waals surface area (Å²) >= 11 is 0. The van der Waals surface area contributed by atoms with Crippen molar-refractivity contribution in [2.24, 2.45) is 0 Å². The highest BCUT2D eigenvalue weighted by molar-refractivity contribution is 5.62. The monoisotopic (exact) mass is 290 g/mol. The van der Waals surface area contributed by atoms with Crippen LogP contribution in [0.5, 0.6) is 0 Å². The molecule has 0 aliphatic carbocycles. The van der Waals surface area contributed by atoms with Crippen LogP contribution in [0.4, 0.5) is 21.7 Å². The minimum atomic E-state index is -0.295. The molecule has 0 radical (unpaired) electrons. The largest absolute Gasteiger partial charge is 0.377 e. The molecule has 0 spiro atoms. The Balaban J connectivity index is 2.39. The van der Waals surface area contributed by atoms with E-state index in [1.165, 1.54) is 6.07 Å². The van der Waals surface area contributed by atoms with Gasteiger partial charge in [0, 0.05) is 26.8 Å². The Labute approximate surface area is 123 Å². The van der Waals surface area contributed by atoms with Crippen LogP contribution in [-0.2, 0) is 11.3 Å². The summed E-state index contributed by atoms with van der Waals surface area (Å²) < 4.78 is 19.0. The number of para-hydroxylation sites is 1. The highest BCUT2D eigenvalue weighted by Gasteiger charge is 2.13. The molecule has 2 rings (SSSR count). The van der Waals surface area contributed by atoms with Crippen molar-refractivity contribution in [3.63, 3.8) is 0 Å². The van der Waals surface area contributed by atoms with Crippen molar-refractivity contribution in [1.82, 2.24) is 9.97 Å². The fourth-order valence-electron chi connectivity index (χ4n) is 1.97. The van der Waals surface area contributed by atoms with E-state index in [0.29, 0.717) is 29.8 Å². The Kier molecular flexibility index (Phi) is 5.05. The number of hydrogen-bond donors (Lipinski definition) is 1. The fourth-order valence-corrected chi connectivity index (χ4v) is 1.97. The molecule has 0 aliphatic heterocycles. The van der Waals surface area contributed by atoms with E-state index in [1.807, 2.05) is 6.92 Å². The zero-order valence-corrected chi connectivity index (χ0v) is 12.4. The average molecular weight is 290 g/mol. The van der Waals surface area contributed by atoms with Crippen molar-refractivity contribution in [3.8, 4) is 0 Å². The third-order valence-electron chi connectivity index (χ3n) is 2.95. The van der Waals surface area contributed by atoms with Gasteiger partial charge in [-0.3, -0.25) is 0 Å². The third-order valence-corrected chi connectivity index (χ3v) is 2.95. The van der Waals surface area contributed by atoms with Crippen molar-refractivity contribution in [2.45, 2.75) is 13.5 Å². The summed E-state index contributed by atoms with van der Waals surface area (Å²) in [6.45, 7) is 3.03. The second-order valence-electron chi connectivity index (χ2n) is 4.50. The number of aromatic nitrogens is 2. The van der Waals surface area contributed by atoms with E-state index in [0.717, 1.165) is 6.54 Å². The number of benzene rings is 1. The van der Waals surface area contributed by atoms with E-state index in [9.17, 15) is 4.39 Å². The van der Waals surface area contributed by atoms with E-state index >= 15 is 0 Å². The van der Waals surface area contributed by atoms with Crippen molar-refractivity contribution in [3.05, 3.63) is 42.0 Å². The minimum absolute atomic E-state index is 0.295. The average Bonchev–Trinajstić information content (AvgIpc) is 2.47. The molecule has 6 heteroatoms. The first-order valence-electron chi connectivity index (χ1n) is 6.74. The van der Waals surface area contributed by atoms with Crippen LogP contribution in [0, 0.1) is 5.82 Å². The molecular formula is C15H19FN4O. The van der Waals surface area contributed by atoms with E-state index in [1.54, 1.807) is 43.3 Å². The summed E-state index contributed by atoms with van der Waals surface area (Å²) in [5.74, 6) is 1.56. The summed E-state index contributed by atoms with van der Waals surface area (Å²) in [4.78, 5) is 10.4. The number of nitrogens with zero attached hydrogens (tertiary/aromatic N) is 3. The van der Waals surface area contributed by atoms with Gasteiger partial charge in [0.25, 0.3) is 0 Å². The molecule has 0 fully saturated rings. The molecule has 0 saturated carbocycles. The first-order valence-corrected chi connectivity index (χ1v) is 6.74. The van der Waals surface area contributed by atoms with Gasteiger partial charge in [-0.2, -0.15) is 0 Å². The van der Waals surface area contributed by atoms with Gasteiger partial charge in [0.15, 0.2) is 5.82 Å². The number of nitrogens with one attached hydrogen (secondary N) is 1. The normalized spacial score (nSPS) is 10.5. The Morgan fingerprint density at radius 1 is 1.29 bits per heavy atom. The Bertz CT molecular complexity index is 582. The fraction of sp³-hybridized carbons (Fsp3) is 0.333. The van der Waals surface area contributed by atoms with Gasteiger partial charge in [0.2, 0.25) is 0 Å². The third kappa shape index (κ3) is 3.66. The van der Waals surface area contributed by atoms with Gasteiger partial charge in [-0.15, -0.1) is 0 Å². The molecule has 1 heterocycles. The van der Waals surface area contributed by atoms with E-state index in [2.05, 4.69) is 15.3 Å². The first-order chi connectivity index (χ1) is 10.2. The van der Waals surface area contributed by atoms with Crippen molar-refractivity contribution >= 4 is 17.3 Å². The predicted octanol–water partition coefficient (Wildman–Crippen LogP) is 2.96. The van der Waals surface area contributed by atoms with Crippen LogP contribution in [0.15, 0.2) is 30.3 Å². The van der Waals surface area contributed by atoms with Crippen molar-refractivity contribution < 1.29 is 9.13 Å². The van der Waals surface area contributed by atoms with Gasteiger partial charge in [0.1, 0.15) is 24.1 Å². The Morgan fingerprint density at radius 3 is 2.71 bits per heavy atom.